The third-order valence-electron chi connectivity index (χ3n) is 3.15. The van der Waals surface area contributed by atoms with Crippen LogP contribution in [0.2, 0.25) is 0 Å². The van der Waals surface area contributed by atoms with E-state index in [1.807, 2.05) is 18.2 Å². The molecule has 1 saturated heterocycles. The van der Waals surface area contributed by atoms with Crippen molar-refractivity contribution < 1.29 is 9.00 Å². The van der Waals surface area contributed by atoms with Crippen molar-refractivity contribution in [3.8, 4) is 0 Å². The summed E-state index contributed by atoms with van der Waals surface area (Å²) in [6, 6.07) is 5.51. The molecule has 2 heterocycles. The Labute approximate surface area is 107 Å². The second-order valence-electron chi connectivity index (χ2n) is 4.31. The lowest BCUT2D eigenvalue weighted by Crippen LogP contribution is -2.41. The molecule has 1 aromatic carbocycles. The van der Waals surface area contributed by atoms with Crippen LogP contribution in [0.5, 0.6) is 0 Å². The number of aromatic nitrogens is 2. The molecule has 1 aromatic heterocycles. The minimum Gasteiger partial charge on any atom is -0.337 e. The van der Waals surface area contributed by atoms with Crippen LogP contribution >= 0.6 is 0 Å². The topological polar surface area (TPSA) is 66.1 Å². The van der Waals surface area contributed by atoms with E-state index in [-0.39, 0.29) is 5.91 Å². The molecule has 0 atom stereocenters. The third-order valence-corrected chi connectivity index (χ3v) is 4.43. The van der Waals surface area contributed by atoms with E-state index in [1.165, 1.54) is 0 Å². The number of fused-ring (bicyclic) bond motifs is 1. The highest BCUT2D eigenvalue weighted by Gasteiger charge is 2.21. The average molecular weight is 263 g/mol. The highest BCUT2D eigenvalue weighted by molar-refractivity contribution is 7.85. The number of amides is 1. The number of nitrogens with zero attached hydrogens (tertiary/aromatic N) is 2. The summed E-state index contributed by atoms with van der Waals surface area (Å²) in [5.41, 5.74) is 1.51. The first-order chi connectivity index (χ1) is 8.74. The predicted molar refractivity (Wildman–Crippen MR) is 69.9 cm³/mol. The van der Waals surface area contributed by atoms with Gasteiger partial charge in [-0.25, -0.2) is 0 Å². The van der Waals surface area contributed by atoms with Gasteiger partial charge >= 0.3 is 0 Å². The summed E-state index contributed by atoms with van der Waals surface area (Å²) >= 11 is 0. The quantitative estimate of drug-likeness (QED) is 0.826. The molecule has 2 aromatic rings. The van der Waals surface area contributed by atoms with Gasteiger partial charge in [0.05, 0.1) is 11.7 Å². The summed E-state index contributed by atoms with van der Waals surface area (Å²) in [5.74, 6) is 1.17. The summed E-state index contributed by atoms with van der Waals surface area (Å²) in [5, 5.41) is 7.78. The highest BCUT2D eigenvalue weighted by atomic mass is 32.2. The van der Waals surface area contributed by atoms with Crippen LogP contribution in [-0.4, -0.2) is 49.8 Å². The highest BCUT2D eigenvalue weighted by Crippen LogP contribution is 2.15. The summed E-state index contributed by atoms with van der Waals surface area (Å²) in [6.07, 6.45) is 1.73. The maximum absolute atomic E-state index is 12.3. The molecule has 1 fully saturated rings. The third kappa shape index (κ3) is 2.03. The van der Waals surface area contributed by atoms with E-state index < -0.39 is 10.8 Å². The Hall–Kier alpha value is -1.69. The van der Waals surface area contributed by atoms with Crippen LogP contribution in [0.4, 0.5) is 0 Å². The molecule has 0 saturated carbocycles. The summed E-state index contributed by atoms with van der Waals surface area (Å²) in [4.78, 5) is 14.0. The zero-order valence-electron chi connectivity index (χ0n) is 9.76. The molecular weight excluding hydrogens is 250 g/mol. The molecule has 1 aliphatic rings. The van der Waals surface area contributed by atoms with Crippen LogP contribution < -0.4 is 0 Å². The van der Waals surface area contributed by atoms with Crippen LogP contribution in [0.15, 0.2) is 24.4 Å². The molecule has 1 N–H and O–H groups in total. The zero-order valence-corrected chi connectivity index (χ0v) is 10.6. The Bertz CT molecular complexity index is 613. The minimum atomic E-state index is -0.760. The van der Waals surface area contributed by atoms with E-state index in [4.69, 9.17) is 0 Å². The lowest BCUT2D eigenvalue weighted by atomic mass is 10.1. The van der Waals surface area contributed by atoms with Crippen LogP contribution in [-0.2, 0) is 10.8 Å². The van der Waals surface area contributed by atoms with Crippen molar-refractivity contribution in [1.82, 2.24) is 15.1 Å². The molecule has 0 spiro atoms. The molecule has 0 bridgehead atoms. The normalized spacial score (nSPS) is 17.2. The van der Waals surface area contributed by atoms with Crippen molar-refractivity contribution in [2.24, 2.45) is 0 Å². The van der Waals surface area contributed by atoms with Gasteiger partial charge in [-0.1, -0.05) is 6.07 Å². The number of carbonyl (C=O) groups is 1. The van der Waals surface area contributed by atoms with Crippen molar-refractivity contribution in [2.75, 3.05) is 24.6 Å². The Balaban J connectivity index is 1.84. The fraction of sp³-hybridized carbons (Fsp3) is 0.333. The van der Waals surface area contributed by atoms with Gasteiger partial charge in [0, 0.05) is 46.3 Å². The molecular formula is C12H13N3O2S. The number of benzene rings is 1. The molecule has 0 unspecified atom stereocenters. The van der Waals surface area contributed by atoms with Crippen LogP contribution in [0.25, 0.3) is 10.9 Å². The Morgan fingerprint density at radius 1 is 1.33 bits per heavy atom. The number of H-pyrrole nitrogens is 1. The maximum Gasteiger partial charge on any atom is 0.253 e. The van der Waals surface area contributed by atoms with Crippen LogP contribution in [0, 0.1) is 0 Å². The van der Waals surface area contributed by atoms with E-state index in [1.54, 1.807) is 11.1 Å². The number of rotatable bonds is 1. The maximum atomic E-state index is 12.3. The van der Waals surface area contributed by atoms with E-state index in [9.17, 15) is 9.00 Å². The standard InChI is InChI=1S/C12H13N3O2S/c16-12(15-3-5-18(17)6-4-15)9-1-2-10-8-13-14-11(10)7-9/h1-2,7-8H,3-6H2,(H,13,14). The van der Waals surface area contributed by atoms with Crippen LogP contribution in [0.3, 0.4) is 0 Å². The molecule has 3 rings (SSSR count). The minimum absolute atomic E-state index is 0.00296. The van der Waals surface area contributed by atoms with Gasteiger partial charge in [0.1, 0.15) is 0 Å². The van der Waals surface area contributed by atoms with Gasteiger partial charge in [-0.2, -0.15) is 5.10 Å². The first-order valence-corrected chi connectivity index (χ1v) is 7.30. The molecule has 1 aliphatic heterocycles. The second-order valence-corrected chi connectivity index (χ2v) is 6.01. The largest absolute Gasteiger partial charge is 0.337 e. The Morgan fingerprint density at radius 2 is 2.11 bits per heavy atom. The number of aromatic amines is 1. The molecule has 5 nitrogen and oxygen atoms in total. The van der Waals surface area contributed by atoms with Crippen molar-refractivity contribution >= 4 is 27.6 Å². The number of hydrogen-bond acceptors (Lipinski definition) is 3. The smallest absolute Gasteiger partial charge is 0.253 e. The number of carbonyl (C=O) groups excluding carboxylic acids is 1. The molecule has 0 radical (unpaired) electrons. The summed E-state index contributed by atoms with van der Waals surface area (Å²) < 4.78 is 11.3. The molecule has 18 heavy (non-hydrogen) atoms. The summed E-state index contributed by atoms with van der Waals surface area (Å²) in [6.45, 7) is 1.15. The molecule has 0 aliphatic carbocycles. The van der Waals surface area contributed by atoms with Crippen molar-refractivity contribution in [2.45, 2.75) is 0 Å². The van der Waals surface area contributed by atoms with Gasteiger partial charge in [-0.3, -0.25) is 14.1 Å². The van der Waals surface area contributed by atoms with Crippen molar-refractivity contribution in [1.29, 1.82) is 0 Å². The first-order valence-electron chi connectivity index (χ1n) is 5.81. The van der Waals surface area contributed by atoms with Crippen LogP contribution in [0.1, 0.15) is 10.4 Å². The van der Waals surface area contributed by atoms with Gasteiger partial charge in [0.2, 0.25) is 0 Å². The molecule has 94 valence electrons. The van der Waals surface area contributed by atoms with Gasteiger partial charge in [0.25, 0.3) is 5.91 Å². The van der Waals surface area contributed by atoms with Gasteiger partial charge in [0.15, 0.2) is 0 Å². The van der Waals surface area contributed by atoms with Crippen molar-refractivity contribution in [3.63, 3.8) is 0 Å². The molecule has 1 amide bonds. The fourth-order valence-corrected chi connectivity index (χ4v) is 3.15. The average Bonchev–Trinajstić information content (AvgIpc) is 2.86. The van der Waals surface area contributed by atoms with E-state index in [0.29, 0.717) is 30.2 Å². The van der Waals surface area contributed by atoms with Gasteiger partial charge < -0.3 is 4.90 Å². The number of nitrogens with one attached hydrogen (secondary N) is 1. The summed E-state index contributed by atoms with van der Waals surface area (Å²) in [7, 11) is -0.760. The monoisotopic (exact) mass is 263 g/mol. The predicted octanol–water partition coefficient (Wildman–Crippen LogP) is 0.767. The van der Waals surface area contributed by atoms with Gasteiger partial charge in [-0.05, 0) is 12.1 Å². The first kappa shape index (κ1) is 11.4. The SMILES string of the molecule is O=C(c1ccc2cn[nH]c2c1)N1CCS(=O)CC1. The van der Waals surface area contributed by atoms with Gasteiger partial charge in [-0.15, -0.1) is 0 Å². The molecule has 6 heteroatoms. The van der Waals surface area contributed by atoms with E-state index in [0.717, 1.165) is 10.9 Å². The Kier molecular flexibility index (Phi) is 2.87. The Morgan fingerprint density at radius 3 is 2.89 bits per heavy atom. The van der Waals surface area contributed by atoms with E-state index in [2.05, 4.69) is 10.2 Å². The lowest BCUT2D eigenvalue weighted by molar-refractivity contribution is 0.0771. The zero-order chi connectivity index (χ0) is 12.5. The lowest BCUT2D eigenvalue weighted by Gasteiger charge is -2.26. The van der Waals surface area contributed by atoms with E-state index >= 15 is 0 Å². The fourth-order valence-electron chi connectivity index (χ4n) is 2.09. The second kappa shape index (κ2) is 4.53. The van der Waals surface area contributed by atoms with Crippen molar-refractivity contribution in [3.05, 3.63) is 30.0 Å². The number of hydrogen-bond donors (Lipinski definition) is 1.